The molecule has 0 aliphatic rings. The van der Waals surface area contributed by atoms with Crippen molar-refractivity contribution in [2.75, 3.05) is 13.7 Å². The third kappa shape index (κ3) is 4.09. The minimum absolute atomic E-state index is 0.0428. The lowest BCUT2D eigenvalue weighted by molar-refractivity contribution is 0.0513. The van der Waals surface area contributed by atoms with Crippen LogP contribution in [0.1, 0.15) is 52.0 Å². The number of nitrogens with zero attached hydrogens (tertiary/aromatic N) is 5. The molecule has 0 aliphatic heterocycles. The van der Waals surface area contributed by atoms with Crippen LogP contribution in [0.25, 0.3) is 0 Å². The number of ether oxygens (including phenoxy) is 2. The molecule has 0 bridgehead atoms. The molecule has 3 aromatic rings. The average molecular weight is 439 g/mol. The van der Waals surface area contributed by atoms with Crippen LogP contribution in [0.15, 0.2) is 41.5 Å². The van der Waals surface area contributed by atoms with E-state index in [4.69, 9.17) is 9.47 Å². The van der Waals surface area contributed by atoms with Crippen molar-refractivity contribution in [1.82, 2.24) is 19.3 Å². The first-order valence-corrected chi connectivity index (χ1v) is 9.77. The maximum Gasteiger partial charge on any atom is 0.361 e. The molecule has 9 nitrogen and oxygen atoms in total. The third-order valence-electron chi connectivity index (χ3n) is 5.00. The van der Waals surface area contributed by atoms with Gasteiger partial charge in [0.15, 0.2) is 11.9 Å². The molecule has 2 atom stereocenters. The van der Waals surface area contributed by atoms with Gasteiger partial charge in [0.1, 0.15) is 5.82 Å². The molecule has 0 radical (unpaired) electrons. The molecule has 32 heavy (non-hydrogen) atoms. The van der Waals surface area contributed by atoms with Crippen molar-refractivity contribution in [1.29, 1.82) is 5.26 Å². The number of benzene rings is 1. The van der Waals surface area contributed by atoms with E-state index in [2.05, 4.69) is 16.2 Å². The zero-order valence-corrected chi connectivity index (χ0v) is 18.1. The van der Waals surface area contributed by atoms with E-state index < -0.39 is 29.3 Å². The van der Waals surface area contributed by atoms with E-state index in [-0.39, 0.29) is 23.7 Å². The van der Waals surface area contributed by atoms with Gasteiger partial charge in [-0.1, -0.05) is 18.2 Å². The summed E-state index contributed by atoms with van der Waals surface area (Å²) in [5.74, 6) is -2.55. The third-order valence-corrected chi connectivity index (χ3v) is 5.00. The van der Waals surface area contributed by atoms with Crippen molar-refractivity contribution in [3.8, 4) is 11.8 Å². The van der Waals surface area contributed by atoms with Gasteiger partial charge in [0.2, 0.25) is 5.75 Å². The highest BCUT2D eigenvalue weighted by Gasteiger charge is 2.34. The summed E-state index contributed by atoms with van der Waals surface area (Å²) in [5.41, 5.74) is 0.00662. The van der Waals surface area contributed by atoms with Gasteiger partial charge >= 0.3 is 5.97 Å². The lowest BCUT2D eigenvalue weighted by atomic mass is 9.86. The summed E-state index contributed by atoms with van der Waals surface area (Å²) in [4.78, 5) is 29.4. The number of aryl methyl sites for hydroxylation is 1. The molecule has 0 saturated carbocycles. The highest BCUT2D eigenvalue weighted by molar-refractivity contribution is 5.90. The minimum atomic E-state index is -1.90. The fourth-order valence-corrected chi connectivity index (χ4v) is 3.49. The number of alkyl halides is 1. The Morgan fingerprint density at radius 3 is 2.62 bits per heavy atom. The van der Waals surface area contributed by atoms with Crippen LogP contribution in [-0.4, -0.2) is 39.0 Å². The number of carbonyl (C=O) groups excluding carboxylic acids is 1. The molecule has 0 saturated heterocycles. The number of nitriles is 1. The van der Waals surface area contributed by atoms with E-state index in [0.717, 1.165) is 4.57 Å². The lowest BCUT2D eigenvalue weighted by Gasteiger charge is -2.23. The maximum absolute atomic E-state index is 16.2. The molecule has 2 unspecified atom stereocenters. The summed E-state index contributed by atoms with van der Waals surface area (Å²) in [5, 5.41) is 13.7. The van der Waals surface area contributed by atoms with Crippen molar-refractivity contribution in [2.45, 2.75) is 19.0 Å². The van der Waals surface area contributed by atoms with Crippen LogP contribution in [-0.2, 0) is 18.8 Å². The Morgan fingerprint density at radius 1 is 1.31 bits per heavy atom. The van der Waals surface area contributed by atoms with E-state index in [0.29, 0.717) is 11.1 Å². The summed E-state index contributed by atoms with van der Waals surface area (Å²) in [6, 6.07) is 8.66. The van der Waals surface area contributed by atoms with Gasteiger partial charge in [0.25, 0.3) is 5.56 Å². The second-order valence-corrected chi connectivity index (χ2v) is 6.96. The normalized spacial score (nSPS) is 12.6. The Balaban J connectivity index is 2.25. The molecule has 0 N–H and O–H groups in total. The molecular weight excluding hydrogens is 417 g/mol. The van der Waals surface area contributed by atoms with Gasteiger partial charge in [0, 0.05) is 25.9 Å². The Morgan fingerprint density at radius 2 is 2.03 bits per heavy atom. The summed E-state index contributed by atoms with van der Waals surface area (Å²) in [7, 11) is 4.24. The molecule has 3 rings (SSSR count). The predicted molar refractivity (Wildman–Crippen MR) is 112 cm³/mol. The van der Waals surface area contributed by atoms with E-state index in [1.807, 2.05) is 0 Å². The monoisotopic (exact) mass is 439 g/mol. The molecule has 10 heteroatoms. The van der Waals surface area contributed by atoms with Crippen LogP contribution in [0.3, 0.4) is 0 Å². The largest absolute Gasteiger partial charge is 0.489 e. The van der Waals surface area contributed by atoms with Gasteiger partial charge in [0.05, 0.1) is 37.5 Å². The highest BCUT2D eigenvalue weighted by Crippen LogP contribution is 2.40. The first-order valence-electron chi connectivity index (χ1n) is 9.77. The van der Waals surface area contributed by atoms with Gasteiger partial charge in [-0.2, -0.15) is 10.4 Å². The van der Waals surface area contributed by atoms with Gasteiger partial charge in [-0.25, -0.2) is 14.2 Å². The molecule has 0 amide bonds. The predicted octanol–water partition coefficient (Wildman–Crippen LogP) is 2.41. The Labute approximate surface area is 183 Å². The summed E-state index contributed by atoms with van der Waals surface area (Å²) < 4.78 is 28.8. The number of carbonyl (C=O) groups is 1. The molecule has 2 heterocycles. The van der Waals surface area contributed by atoms with Crippen LogP contribution in [0.2, 0.25) is 0 Å². The smallest absolute Gasteiger partial charge is 0.361 e. The molecule has 166 valence electrons. The number of methoxy groups -OCH3 is 1. The fourth-order valence-electron chi connectivity index (χ4n) is 3.49. The van der Waals surface area contributed by atoms with Crippen LogP contribution in [0, 0.1) is 11.3 Å². The van der Waals surface area contributed by atoms with Crippen molar-refractivity contribution in [2.24, 2.45) is 14.1 Å². The fraction of sp³-hybridized carbons (Fsp3) is 0.318. The molecule has 0 aliphatic carbocycles. The quantitative estimate of drug-likeness (QED) is 0.520. The minimum Gasteiger partial charge on any atom is -0.489 e. The maximum atomic E-state index is 16.2. The number of hydrogen-bond donors (Lipinski definition) is 0. The number of rotatable bonds is 7. The topological polar surface area (TPSA) is 112 Å². The zero-order chi connectivity index (χ0) is 23.4. The number of aromatic nitrogens is 4. The van der Waals surface area contributed by atoms with Gasteiger partial charge in [-0.3, -0.25) is 14.0 Å². The Bertz CT molecular complexity index is 1240. The second kappa shape index (κ2) is 9.43. The van der Waals surface area contributed by atoms with Crippen molar-refractivity contribution >= 4 is 5.97 Å². The van der Waals surface area contributed by atoms with Crippen LogP contribution < -0.4 is 10.3 Å². The SMILES string of the molecule is CCOC(=O)c1nc(C(F)C(c2cnn(C)c2)c2ccccc2C#N)n(C)c(=O)c1OC. The standard InChI is InChI=1S/C22H22FN5O4/c1-5-32-22(30)18-19(31-4)21(29)28(3)20(26-18)17(23)16(14-11-25-27(2)12-14)15-9-7-6-8-13(15)10-24/h6-9,11-12,16-17H,5H2,1-4H3. The molecular formula is C22H22FN5O4. The van der Waals surface area contributed by atoms with Crippen LogP contribution in [0.5, 0.6) is 5.75 Å². The van der Waals surface area contributed by atoms with E-state index in [9.17, 15) is 14.9 Å². The molecule has 2 aromatic heterocycles. The zero-order valence-electron chi connectivity index (χ0n) is 18.1. The van der Waals surface area contributed by atoms with Crippen molar-refractivity contribution < 1.29 is 18.7 Å². The summed E-state index contributed by atoms with van der Waals surface area (Å²) >= 11 is 0. The first-order chi connectivity index (χ1) is 15.3. The number of halogens is 1. The van der Waals surface area contributed by atoms with Gasteiger partial charge in [-0.05, 0) is 18.6 Å². The van der Waals surface area contributed by atoms with Crippen molar-refractivity contribution in [3.05, 3.63) is 75.2 Å². The second-order valence-electron chi connectivity index (χ2n) is 6.96. The molecule has 1 aromatic carbocycles. The van der Waals surface area contributed by atoms with Crippen molar-refractivity contribution in [3.63, 3.8) is 0 Å². The van der Waals surface area contributed by atoms with Gasteiger partial charge in [-0.15, -0.1) is 0 Å². The number of hydrogen-bond acceptors (Lipinski definition) is 7. The Kier molecular flexibility index (Phi) is 6.68. The molecule has 0 fully saturated rings. The van der Waals surface area contributed by atoms with E-state index >= 15 is 4.39 Å². The van der Waals surface area contributed by atoms with Crippen LogP contribution >= 0.6 is 0 Å². The van der Waals surface area contributed by atoms with E-state index in [1.165, 1.54) is 25.0 Å². The lowest BCUT2D eigenvalue weighted by Crippen LogP contribution is -2.29. The summed E-state index contributed by atoms with van der Waals surface area (Å²) in [6.45, 7) is 1.64. The van der Waals surface area contributed by atoms with Gasteiger partial charge < -0.3 is 9.47 Å². The van der Waals surface area contributed by atoms with Crippen LogP contribution in [0.4, 0.5) is 4.39 Å². The average Bonchev–Trinajstić information content (AvgIpc) is 3.21. The first kappa shape index (κ1) is 22.7. The highest BCUT2D eigenvalue weighted by atomic mass is 19.1. The summed E-state index contributed by atoms with van der Waals surface area (Å²) in [6.07, 6.45) is 1.21. The number of esters is 1. The Hall–Kier alpha value is -4.00. The molecule has 0 spiro atoms. The van der Waals surface area contributed by atoms with E-state index in [1.54, 1.807) is 44.4 Å².